The first-order chi connectivity index (χ1) is 8.93. The maximum atomic E-state index is 12.5. The summed E-state index contributed by atoms with van der Waals surface area (Å²) in [5.41, 5.74) is 0.405. The number of hydrogen-bond acceptors (Lipinski definition) is 4. The topological polar surface area (TPSA) is 63.7 Å². The minimum Gasteiger partial charge on any atom is -0.378 e. The van der Waals surface area contributed by atoms with Crippen molar-refractivity contribution in [2.45, 2.75) is 24.8 Å². The number of ether oxygens (including phenoxy) is 1. The number of hydrogen-bond donors (Lipinski definition) is 0. The van der Waals surface area contributed by atoms with Gasteiger partial charge in [-0.15, -0.1) is 0 Å². The zero-order valence-electron chi connectivity index (χ0n) is 11.0. The molecule has 1 heterocycles. The van der Waals surface area contributed by atoms with Crippen LogP contribution in [0.3, 0.4) is 0 Å². The summed E-state index contributed by atoms with van der Waals surface area (Å²) >= 11 is 0. The van der Waals surface area contributed by atoms with E-state index in [4.69, 9.17) is 4.74 Å². The molecule has 0 spiro atoms. The summed E-state index contributed by atoms with van der Waals surface area (Å²) in [6.07, 6.45) is 0. The van der Waals surface area contributed by atoms with Crippen molar-refractivity contribution in [3.8, 4) is 0 Å². The lowest BCUT2D eigenvalue weighted by Gasteiger charge is -2.32. The average Bonchev–Trinajstić information content (AvgIpc) is 2.39. The van der Waals surface area contributed by atoms with Gasteiger partial charge in [-0.2, -0.15) is 4.31 Å². The maximum Gasteiger partial charge on any atom is 0.243 e. The van der Waals surface area contributed by atoms with Crippen molar-refractivity contribution in [2.24, 2.45) is 0 Å². The predicted octanol–water partition coefficient (Wildman–Crippen LogP) is 1.30. The first-order valence-corrected chi connectivity index (χ1v) is 7.57. The number of carbonyl (C=O) groups is 1. The lowest BCUT2D eigenvalue weighted by molar-refractivity contribution is 0.0393. The molecule has 0 radical (unpaired) electrons. The Kier molecular flexibility index (Phi) is 4.03. The van der Waals surface area contributed by atoms with E-state index in [9.17, 15) is 13.2 Å². The zero-order chi connectivity index (χ0) is 14.0. The molecule has 0 aromatic heterocycles. The zero-order valence-corrected chi connectivity index (χ0v) is 11.8. The van der Waals surface area contributed by atoms with E-state index >= 15 is 0 Å². The molecule has 104 valence electrons. The Morgan fingerprint density at radius 1 is 1.42 bits per heavy atom. The molecular formula is C13H17NO4S. The van der Waals surface area contributed by atoms with Crippen LogP contribution in [0.15, 0.2) is 29.2 Å². The van der Waals surface area contributed by atoms with Crippen molar-refractivity contribution in [3.63, 3.8) is 0 Å². The van der Waals surface area contributed by atoms with Crippen molar-refractivity contribution in [3.05, 3.63) is 29.8 Å². The maximum absolute atomic E-state index is 12.5. The van der Waals surface area contributed by atoms with Crippen LogP contribution < -0.4 is 0 Å². The molecule has 0 N–H and O–H groups in total. The number of nitrogens with zero attached hydrogens (tertiary/aromatic N) is 1. The second kappa shape index (κ2) is 5.40. The third-order valence-corrected chi connectivity index (χ3v) is 5.16. The Hall–Kier alpha value is -1.24. The van der Waals surface area contributed by atoms with Crippen molar-refractivity contribution >= 4 is 15.8 Å². The quantitative estimate of drug-likeness (QED) is 0.784. The molecule has 1 atom stereocenters. The van der Waals surface area contributed by atoms with Gasteiger partial charge in [0.1, 0.15) is 0 Å². The molecule has 1 aromatic rings. The molecule has 0 aliphatic carbocycles. The van der Waals surface area contributed by atoms with E-state index in [2.05, 4.69) is 0 Å². The van der Waals surface area contributed by atoms with Crippen LogP contribution in [0, 0.1) is 0 Å². The van der Waals surface area contributed by atoms with Gasteiger partial charge in [0, 0.05) is 18.2 Å². The molecule has 5 nitrogen and oxygen atoms in total. The van der Waals surface area contributed by atoms with Gasteiger partial charge in [0.25, 0.3) is 0 Å². The van der Waals surface area contributed by atoms with Gasteiger partial charge in [-0.05, 0) is 26.0 Å². The third kappa shape index (κ3) is 2.86. The molecule has 1 saturated heterocycles. The summed E-state index contributed by atoms with van der Waals surface area (Å²) in [5.74, 6) is -0.146. The number of ketones is 1. The van der Waals surface area contributed by atoms with Gasteiger partial charge in [0.2, 0.25) is 10.0 Å². The van der Waals surface area contributed by atoms with E-state index in [1.54, 1.807) is 12.1 Å². The summed E-state index contributed by atoms with van der Waals surface area (Å²) in [7, 11) is -3.57. The van der Waals surface area contributed by atoms with E-state index in [0.717, 1.165) is 0 Å². The van der Waals surface area contributed by atoms with E-state index in [-0.39, 0.29) is 16.7 Å². The third-order valence-electron chi connectivity index (χ3n) is 3.15. The fourth-order valence-electron chi connectivity index (χ4n) is 2.08. The molecule has 1 unspecified atom stereocenters. The van der Waals surface area contributed by atoms with Crippen molar-refractivity contribution < 1.29 is 17.9 Å². The average molecular weight is 283 g/mol. The van der Waals surface area contributed by atoms with Crippen LogP contribution >= 0.6 is 0 Å². The summed E-state index contributed by atoms with van der Waals surface area (Å²) in [4.78, 5) is 11.5. The Bertz CT molecular complexity index is 582. The molecule has 1 fully saturated rings. The molecule has 0 bridgehead atoms. The van der Waals surface area contributed by atoms with Crippen molar-refractivity contribution in [1.29, 1.82) is 0 Å². The largest absolute Gasteiger partial charge is 0.378 e. The van der Waals surface area contributed by atoms with Gasteiger partial charge in [0.15, 0.2) is 5.78 Å². The van der Waals surface area contributed by atoms with Gasteiger partial charge in [-0.3, -0.25) is 4.79 Å². The smallest absolute Gasteiger partial charge is 0.243 e. The molecule has 2 rings (SSSR count). The number of morpholine rings is 1. The Labute approximate surface area is 113 Å². The minimum absolute atomic E-state index is 0.146. The number of Topliss-reactive ketones (excluding diaryl/α,β-unsaturated/α-hetero) is 1. The van der Waals surface area contributed by atoms with Crippen LogP contribution in [-0.4, -0.2) is 44.3 Å². The van der Waals surface area contributed by atoms with E-state index in [0.29, 0.717) is 25.3 Å². The standard InChI is InChI=1S/C13H17NO4S/c1-10-9-18-7-6-14(10)19(16,17)13-5-3-4-12(8-13)11(2)15/h3-5,8,10H,6-7,9H2,1-2H3. The van der Waals surface area contributed by atoms with Crippen LogP contribution in [0.1, 0.15) is 24.2 Å². The van der Waals surface area contributed by atoms with Gasteiger partial charge in [0.05, 0.1) is 18.1 Å². The predicted molar refractivity (Wildman–Crippen MR) is 70.6 cm³/mol. The minimum atomic E-state index is -3.57. The fourth-order valence-corrected chi connectivity index (χ4v) is 3.73. The molecule has 1 aromatic carbocycles. The summed E-state index contributed by atoms with van der Waals surface area (Å²) in [6.45, 7) is 4.37. The summed E-state index contributed by atoms with van der Waals surface area (Å²) in [5, 5.41) is 0. The van der Waals surface area contributed by atoms with E-state index in [1.165, 1.54) is 23.4 Å². The second-order valence-electron chi connectivity index (χ2n) is 4.62. The number of rotatable bonds is 3. The van der Waals surface area contributed by atoms with Crippen LogP contribution in [0.2, 0.25) is 0 Å². The van der Waals surface area contributed by atoms with E-state index < -0.39 is 10.0 Å². The molecule has 0 amide bonds. The SMILES string of the molecule is CC(=O)c1cccc(S(=O)(=O)N2CCOCC2C)c1. The van der Waals surface area contributed by atoms with Crippen molar-refractivity contribution in [2.75, 3.05) is 19.8 Å². The Balaban J connectivity index is 2.38. The highest BCUT2D eigenvalue weighted by Crippen LogP contribution is 2.21. The van der Waals surface area contributed by atoms with E-state index in [1.807, 2.05) is 6.92 Å². The molecule has 0 saturated carbocycles. The van der Waals surface area contributed by atoms with Crippen LogP contribution in [-0.2, 0) is 14.8 Å². The first-order valence-electron chi connectivity index (χ1n) is 6.13. The van der Waals surface area contributed by atoms with Crippen LogP contribution in [0.5, 0.6) is 0 Å². The molecular weight excluding hydrogens is 266 g/mol. The summed E-state index contributed by atoms with van der Waals surface area (Å²) in [6, 6.07) is 5.96. The number of benzene rings is 1. The fraction of sp³-hybridized carbons (Fsp3) is 0.462. The Morgan fingerprint density at radius 2 is 2.16 bits per heavy atom. The highest BCUT2D eigenvalue weighted by Gasteiger charge is 2.31. The first kappa shape index (κ1) is 14.2. The lowest BCUT2D eigenvalue weighted by atomic mass is 10.2. The van der Waals surface area contributed by atoms with Gasteiger partial charge in [-0.25, -0.2) is 8.42 Å². The molecule has 6 heteroatoms. The molecule has 1 aliphatic rings. The molecule has 19 heavy (non-hydrogen) atoms. The second-order valence-corrected chi connectivity index (χ2v) is 6.51. The monoisotopic (exact) mass is 283 g/mol. The van der Waals surface area contributed by atoms with Gasteiger partial charge >= 0.3 is 0 Å². The Morgan fingerprint density at radius 3 is 2.79 bits per heavy atom. The normalized spacial score (nSPS) is 21.3. The van der Waals surface area contributed by atoms with Gasteiger partial charge < -0.3 is 4.74 Å². The van der Waals surface area contributed by atoms with Crippen molar-refractivity contribution in [1.82, 2.24) is 4.31 Å². The summed E-state index contributed by atoms with van der Waals surface area (Å²) < 4.78 is 31.7. The lowest BCUT2D eigenvalue weighted by Crippen LogP contribution is -2.46. The number of carbonyl (C=O) groups excluding carboxylic acids is 1. The highest BCUT2D eigenvalue weighted by molar-refractivity contribution is 7.89. The highest BCUT2D eigenvalue weighted by atomic mass is 32.2. The van der Waals surface area contributed by atoms with Crippen LogP contribution in [0.25, 0.3) is 0 Å². The van der Waals surface area contributed by atoms with Crippen LogP contribution in [0.4, 0.5) is 0 Å². The number of sulfonamides is 1. The van der Waals surface area contributed by atoms with Gasteiger partial charge in [-0.1, -0.05) is 12.1 Å². The molecule has 1 aliphatic heterocycles.